The van der Waals surface area contributed by atoms with Gasteiger partial charge >= 0.3 is 0 Å². The van der Waals surface area contributed by atoms with Gasteiger partial charge in [-0.25, -0.2) is 9.97 Å². The van der Waals surface area contributed by atoms with Crippen molar-refractivity contribution in [3.05, 3.63) is 47.4 Å². The Morgan fingerprint density at radius 3 is 2.74 bits per heavy atom. The minimum Gasteiger partial charge on any atom is -0.381 e. The fourth-order valence-corrected chi connectivity index (χ4v) is 2.51. The lowest BCUT2D eigenvalue weighted by molar-refractivity contribution is 0.0781. The van der Waals surface area contributed by atoms with Crippen LogP contribution in [0.5, 0.6) is 0 Å². The van der Waals surface area contributed by atoms with Crippen molar-refractivity contribution in [2.45, 2.75) is 18.8 Å². The van der Waals surface area contributed by atoms with Gasteiger partial charge in [0.15, 0.2) is 0 Å². The van der Waals surface area contributed by atoms with Crippen LogP contribution in [0.15, 0.2) is 36.4 Å². The van der Waals surface area contributed by atoms with E-state index in [1.807, 2.05) is 36.4 Å². The Balaban J connectivity index is 1.96. The lowest BCUT2D eigenvalue weighted by Gasteiger charge is -2.21. The average Bonchev–Trinajstić information content (AvgIpc) is 2.48. The number of hydrogen-bond acceptors (Lipinski definition) is 3. The largest absolute Gasteiger partial charge is 0.381 e. The van der Waals surface area contributed by atoms with Crippen molar-refractivity contribution in [2.24, 2.45) is 0 Å². The second kappa shape index (κ2) is 5.68. The summed E-state index contributed by atoms with van der Waals surface area (Å²) in [6.07, 6.45) is 2.12. The highest BCUT2D eigenvalue weighted by atomic mass is 35.5. The van der Waals surface area contributed by atoms with Crippen molar-refractivity contribution in [1.29, 1.82) is 0 Å². The van der Waals surface area contributed by atoms with E-state index in [9.17, 15) is 0 Å². The number of rotatable bonds is 2. The molecule has 1 aromatic carbocycles. The third kappa shape index (κ3) is 2.94. The van der Waals surface area contributed by atoms with E-state index in [4.69, 9.17) is 16.3 Å². The van der Waals surface area contributed by atoms with Crippen molar-refractivity contribution in [1.82, 2.24) is 9.97 Å². The molecular formula is C15H15ClN2O. The number of nitrogens with zero attached hydrogens (tertiary/aromatic N) is 2. The molecule has 1 aliphatic rings. The van der Waals surface area contributed by atoms with E-state index in [2.05, 4.69) is 9.97 Å². The van der Waals surface area contributed by atoms with Crippen LogP contribution in [0.4, 0.5) is 0 Å². The van der Waals surface area contributed by atoms with Crippen LogP contribution >= 0.6 is 11.6 Å². The molecule has 98 valence electrons. The van der Waals surface area contributed by atoms with E-state index in [1.165, 1.54) is 0 Å². The number of hydrogen-bond donors (Lipinski definition) is 0. The first kappa shape index (κ1) is 12.6. The molecule has 0 N–H and O–H groups in total. The highest BCUT2D eigenvalue weighted by Crippen LogP contribution is 2.26. The smallest absolute Gasteiger partial charge is 0.136 e. The van der Waals surface area contributed by atoms with Crippen LogP contribution < -0.4 is 0 Å². The molecule has 1 aromatic heterocycles. The van der Waals surface area contributed by atoms with Gasteiger partial charge in [0.05, 0.1) is 12.3 Å². The zero-order valence-corrected chi connectivity index (χ0v) is 11.3. The van der Waals surface area contributed by atoms with Gasteiger partial charge in [0, 0.05) is 24.2 Å². The summed E-state index contributed by atoms with van der Waals surface area (Å²) in [4.78, 5) is 9.01. The van der Waals surface area contributed by atoms with E-state index in [0.29, 0.717) is 11.8 Å². The normalized spacial score (nSPS) is 19.3. The fourth-order valence-electron chi connectivity index (χ4n) is 2.32. The zero-order valence-electron chi connectivity index (χ0n) is 10.6. The van der Waals surface area contributed by atoms with Crippen molar-refractivity contribution < 1.29 is 4.74 Å². The molecule has 0 amide bonds. The van der Waals surface area contributed by atoms with Gasteiger partial charge in [-0.05, 0) is 12.8 Å². The number of ether oxygens (including phenoxy) is 1. The maximum Gasteiger partial charge on any atom is 0.136 e. The van der Waals surface area contributed by atoms with Crippen LogP contribution in [-0.2, 0) is 4.74 Å². The summed E-state index contributed by atoms with van der Waals surface area (Å²) in [6.45, 7) is 1.52. The van der Waals surface area contributed by atoms with E-state index >= 15 is 0 Å². The first-order valence-electron chi connectivity index (χ1n) is 6.50. The fraction of sp³-hybridized carbons (Fsp3) is 0.333. The van der Waals surface area contributed by atoms with Gasteiger partial charge < -0.3 is 4.74 Å². The molecule has 1 unspecified atom stereocenters. The molecule has 2 heterocycles. The third-order valence-electron chi connectivity index (χ3n) is 3.31. The molecule has 3 rings (SSSR count). The quantitative estimate of drug-likeness (QED) is 0.784. The van der Waals surface area contributed by atoms with Crippen molar-refractivity contribution >= 4 is 11.6 Å². The third-order valence-corrected chi connectivity index (χ3v) is 3.50. The van der Waals surface area contributed by atoms with E-state index in [1.54, 1.807) is 0 Å². The van der Waals surface area contributed by atoms with Crippen molar-refractivity contribution in [3.63, 3.8) is 0 Å². The molecule has 0 spiro atoms. The van der Waals surface area contributed by atoms with Crippen LogP contribution in [0.25, 0.3) is 11.3 Å². The Morgan fingerprint density at radius 1 is 1.16 bits per heavy atom. The Hall–Kier alpha value is -1.45. The van der Waals surface area contributed by atoms with Crippen molar-refractivity contribution in [3.8, 4) is 11.3 Å². The Bertz CT molecular complexity index is 553. The molecule has 4 heteroatoms. The minimum atomic E-state index is 0.259. The topological polar surface area (TPSA) is 35.0 Å². The lowest BCUT2D eigenvalue weighted by atomic mass is 10.0. The maximum atomic E-state index is 6.13. The second-order valence-corrected chi connectivity index (χ2v) is 5.10. The summed E-state index contributed by atoms with van der Waals surface area (Å²) in [5, 5.41) is 0.495. The summed E-state index contributed by atoms with van der Waals surface area (Å²) < 4.78 is 5.50. The summed E-state index contributed by atoms with van der Waals surface area (Å²) in [7, 11) is 0. The average molecular weight is 275 g/mol. The first-order chi connectivity index (χ1) is 9.33. The van der Waals surface area contributed by atoms with Gasteiger partial charge in [0.25, 0.3) is 0 Å². The first-order valence-corrected chi connectivity index (χ1v) is 6.88. The van der Waals surface area contributed by atoms with Gasteiger partial charge in [0.2, 0.25) is 0 Å². The minimum absolute atomic E-state index is 0.259. The van der Waals surface area contributed by atoms with Gasteiger partial charge in [-0.3, -0.25) is 0 Å². The Kier molecular flexibility index (Phi) is 3.76. The van der Waals surface area contributed by atoms with E-state index < -0.39 is 0 Å². The molecular weight excluding hydrogens is 260 g/mol. The van der Waals surface area contributed by atoms with Crippen LogP contribution in [0.1, 0.15) is 24.6 Å². The predicted molar refractivity (Wildman–Crippen MR) is 75.3 cm³/mol. The molecule has 0 bridgehead atoms. The summed E-state index contributed by atoms with van der Waals surface area (Å²) >= 11 is 6.13. The van der Waals surface area contributed by atoms with Crippen LogP contribution in [0, 0.1) is 0 Å². The second-order valence-electron chi connectivity index (χ2n) is 4.71. The molecule has 1 atom stereocenters. The van der Waals surface area contributed by atoms with Gasteiger partial charge in [-0.1, -0.05) is 41.9 Å². The standard InChI is InChI=1S/C15H15ClN2O/c16-14-9-13(11-5-2-1-3-6-11)17-15(18-14)12-7-4-8-19-10-12/h1-3,5-6,9,12H,4,7-8,10H2. The monoisotopic (exact) mass is 274 g/mol. The molecule has 1 fully saturated rings. The molecule has 0 aliphatic carbocycles. The van der Waals surface area contributed by atoms with Crippen LogP contribution in [0.2, 0.25) is 5.15 Å². The SMILES string of the molecule is Clc1cc(-c2ccccc2)nc(C2CCCOC2)n1. The Morgan fingerprint density at radius 2 is 2.00 bits per heavy atom. The summed E-state index contributed by atoms with van der Waals surface area (Å²) in [5.74, 6) is 1.06. The van der Waals surface area contributed by atoms with Crippen molar-refractivity contribution in [2.75, 3.05) is 13.2 Å². The molecule has 2 aromatic rings. The van der Waals surface area contributed by atoms with E-state index in [-0.39, 0.29) is 5.92 Å². The lowest BCUT2D eigenvalue weighted by Crippen LogP contribution is -2.18. The molecule has 3 nitrogen and oxygen atoms in total. The van der Waals surface area contributed by atoms with Gasteiger partial charge in [0.1, 0.15) is 11.0 Å². The molecule has 1 aliphatic heterocycles. The number of aromatic nitrogens is 2. The molecule has 0 radical (unpaired) electrons. The molecule has 1 saturated heterocycles. The van der Waals surface area contributed by atoms with Crippen LogP contribution in [0.3, 0.4) is 0 Å². The number of halogens is 1. The maximum absolute atomic E-state index is 6.13. The molecule has 19 heavy (non-hydrogen) atoms. The van der Waals surface area contributed by atoms with E-state index in [0.717, 1.165) is 36.5 Å². The highest BCUT2D eigenvalue weighted by molar-refractivity contribution is 6.29. The number of benzene rings is 1. The van der Waals surface area contributed by atoms with Gasteiger partial charge in [-0.15, -0.1) is 0 Å². The Labute approximate surface area is 117 Å². The van der Waals surface area contributed by atoms with Gasteiger partial charge in [-0.2, -0.15) is 0 Å². The zero-order chi connectivity index (χ0) is 13.1. The highest BCUT2D eigenvalue weighted by Gasteiger charge is 2.20. The predicted octanol–water partition coefficient (Wildman–Crippen LogP) is 3.69. The van der Waals surface area contributed by atoms with Crippen LogP contribution in [-0.4, -0.2) is 23.2 Å². The summed E-state index contributed by atoms with van der Waals surface area (Å²) in [6, 6.07) is 11.8. The molecule has 0 saturated carbocycles. The summed E-state index contributed by atoms with van der Waals surface area (Å²) in [5.41, 5.74) is 1.94.